The Morgan fingerprint density at radius 2 is 1.74 bits per heavy atom. The third-order valence-electron chi connectivity index (χ3n) is 6.77. The van der Waals surface area contributed by atoms with Gasteiger partial charge in [-0.15, -0.1) is 0 Å². The summed E-state index contributed by atoms with van der Waals surface area (Å²) < 4.78 is 10.8. The molecule has 0 aromatic heterocycles. The maximum Gasteiger partial charge on any atom is 0.408 e. The van der Waals surface area contributed by atoms with Gasteiger partial charge in [-0.25, -0.2) is 4.79 Å². The Morgan fingerprint density at radius 3 is 2.35 bits per heavy atom. The van der Waals surface area contributed by atoms with E-state index in [4.69, 9.17) is 9.47 Å². The molecular weight excluding hydrogens is 562 g/mol. The number of amides is 3. The molecule has 236 valence electrons. The van der Waals surface area contributed by atoms with E-state index in [1.165, 1.54) is 0 Å². The Kier molecular flexibility index (Phi) is 15.2. The molecule has 0 aliphatic heterocycles. The highest BCUT2D eigenvalue weighted by Gasteiger charge is 2.36. The molecule has 2 aromatic carbocycles. The average Bonchev–Trinajstić information content (AvgIpc) is 2.97. The highest BCUT2D eigenvalue weighted by atomic mass is 32.2. The zero-order valence-electron chi connectivity index (χ0n) is 26.6. The maximum absolute atomic E-state index is 14.4. The number of carbonyl (C=O) groups excluding carboxylic acids is 3. The summed E-state index contributed by atoms with van der Waals surface area (Å²) in [5.41, 5.74) is 1.35. The predicted molar refractivity (Wildman–Crippen MR) is 178 cm³/mol. The molecule has 0 bridgehead atoms. The highest BCUT2D eigenvalue weighted by Crippen LogP contribution is 2.27. The van der Waals surface area contributed by atoms with Crippen LogP contribution in [0.3, 0.4) is 0 Å². The molecule has 0 fully saturated rings. The van der Waals surface area contributed by atoms with Crippen LogP contribution in [0.2, 0.25) is 0 Å². The van der Waals surface area contributed by atoms with Crippen molar-refractivity contribution < 1.29 is 23.9 Å². The van der Waals surface area contributed by atoms with Gasteiger partial charge in [0.1, 0.15) is 23.4 Å². The number of ether oxygens (including phenoxy) is 2. The number of nitrogens with zero attached hydrogens (tertiary/aromatic N) is 1. The van der Waals surface area contributed by atoms with Crippen LogP contribution < -0.4 is 15.4 Å². The molecule has 2 unspecified atom stereocenters. The van der Waals surface area contributed by atoms with Crippen molar-refractivity contribution in [2.24, 2.45) is 0 Å². The van der Waals surface area contributed by atoms with E-state index in [9.17, 15) is 14.4 Å². The third kappa shape index (κ3) is 12.4. The summed E-state index contributed by atoms with van der Waals surface area (Å²) in [4.78, 5) is 43.0. The number of anilines is 1. The summed E-state index contributed by atoms with van der Waals surface area (Å²) in [7, 11) is 1.58. The van der Waals surface area contributed by atoms with Gasteiger partial charge < -0.3 is 25.0 Å². The van der Waals surface area contributed by atoms with E-state index in [1.807, 2.05) is 30.5 Å². The monoisotopic (exact) mass is 611 g/mol. The van der Waals surface area contributed by atoms with E-state index >= 15 is 0 Å². The SMILES string of the molecule is C=Cc1cccc(C(C(=O)Nc2ccc(OC)cc2)N(CCCCCCC)C(=O)C(CCSC)NC(=O)OC(C)(C)C)c1. The minimum atomic E-state index is -0.946. The van der Waals surface area contributed by atoms with Gasteiger partial charge in [0.15, 0.2) is 0 Å². The zero-order valence-corrected chi connectivity index (χ0v) is 27.4. The number of alkyl carbamates (subject to hydrolysis) is 1. The van der Waals surface area contributed by atoms with Crippen LogP contribution in [-0.2, 0) is 14.3 Å². The van der Waals surface area contributed by atoms with Gasteiger partial charge in [0.2, 0.25) is 5.91 Å². The lowest BCUT2D eigenvalue weighted by atomic mass is 9.99. The molecule has 2 aromatic rings. The maximum atomic E-state index is 14.4. The van der Waals surface area contributed by atoms with Crippen LogP contribution in [0.1, 0.15) is 83.4 Å². The van der Waals surface area contributed by atoms with Crippen LogP contribution >= 0.6 is 11.8 Å². The third-order valence-corrected chi connectivity index (χ3v) is 7.41. The highest BCUT2D eigenvalue weighted by molar-refractivity contribution is 7.98. The number of carbonyl (C=O) groups is 3. The molecule has 2 N–H and O–H groups in total. The number of hydrogen-bond acceptors (Lipinski definition) is 6. The van der Waals surface area contributed by atoms with E-state index in [0.717, 1.165) is 37.7 Å². The van der Waals surface area contributed by atoms with Gasteiger partial charge in [-0.05, 0) is 87.1 Å². The quantitative estimate of drug-likeness (QED) is 0.180. The van der Waals surface area contributed by atoms with Gasteiger partial charge >= 0.3 is 6.09 Å². The summed E-state index contributed by atoms with van der Waals surface area (Å²) in [6.07, 6.45) is 8.28. The number of benzene rings is 2. The fourth-order valence-corrected chi connectivity index (χ4v) is 5.08. The topological polar surface area (TPSA) is 97.0 Å². The molecule has 0 heterocycles. The molecule has 2 atom stereocenters. The molecule has 2 rings (SSSR count). The lowest BCUT2D eigenvalue weighted by Gasteiger charge is -2.35. The molecule has 43 heavy (non-hydrogen) atoms. The molecular formula is C34H49N3O5S. The summed E-state index contributed by atoms with van der Waals surface area (Å²) in [5, 5.41) is 5.80. The van der Waals surface area contributed by atoms with Gasteiger partial charge in [-0.1, -0.05) is 63.5 Å². The van der Waals surface area contributed by atoms with Crippen LogP contribution in [0.5, 0.6) is 5.75 Å². The van der Waals surface area contributed by atoms with E-state index in [2.05, 4.69) is 24.1 Å². The summed E-state index contributed by atoms with van der Waals surface area (Å²) in [6.45, 7) is 11.7. The van der Waals surface area contributed by atoms with Crippen LogP contribution in [-0.4, -0.2) is 60.1 Å². The first-order valence-electron chi connectivity index (χ1n) is 15.0. The van der Waals surface area contributed by atoms with Crippen molar-refractivity contribution in [1.82, 2.24) is 10.2 Å². The first-order chi connectivity index (χ1) is 20.5. The second kappa shape index (κ2) is 18.3. The molecule has 0 saturated carbocycles. The molecule has 0 radical (unpaired) electrons. The fourth-order valence-electron chi connectivity index (χ4n) is 4.61. The van der Waals surface area contributed by atoms with E-state index in [1.54, 1.807) is 74.9 Å². The smallest absolute Gasteiger partial charge is 0.408 e. The Balaban J connectivity index is 2.54. The van der Waals surface area contributed by atoms with E-state index < -0.39 is 23.8 Å². The molecule has 9 heteroatoms. The Labute approximate surface area is 262 Å². The van der Waals surface area contributed by atoms with Crippen LogP contribution in [0.25, 0.3) is 6.08 Å². The van der Waals surface area contributed by atoms with E-state index in [-0.39, 0.29) is 11.8 Å². The van der Waals surface area contributed by atoms with Crippen molar-refractivity contribution in [2.75, 3.05) is 31.0 Å². The van der Waals surface area contributed by atoms with Crippen molar-refractivity contribution >= 4 is 41.4 Å². The molecule has 0 aliphatic rings. The number of rotatable bonds is 17. The minimum Gasteiger partial charge on any atom is -0.497 e. The normalized spacial score (nSPS) is 12.5. The van der Waals surface area contributed by atoms with Crippen molar-refractivity contribution in [1.29, 1.82) is 0 Å². The molecule has 0 spiro atoms. The van der Waals surface area contributed by atoms with Crippen LogP contribution in [0.15, 0.2) is 55.1 Å². The Morgan fingerprint density at radius 1 is 1.05 bits per heavy atom. The zero-order chi connectivity index (χ0) is 31.8. The van der Waals surface area contributed by atoms with Crippen LogP contribution in [0.4, 0.5) is 10.5 Å². The summed E-state index contributed by atoms with van der Waals surface area (Å²) in [6, 6.07) is 12.7. The van der Waals surface area contributed by atoms with Crippen LogP contribution in [0, 0.1) is 0 Å². The molecule has 3 amide bonds. The van der Waals surface area contributed by atoms with Crippen molar-refractivity contribution in [3.63, 3.8) is 0 Å². The van der Waals surface area contributed by atoms with Crippen molar-refractivity contribution in [3.05, 3.63) is 66.2 Å². The molecule has 0 saturated heterocycles. The van der Waals surface area contributed by atoms with Gasteiger partial charge in [0.25, 0.3) is 5.91 Å². The Bertz CT molecular complexity index is 1180. The second-order valence-corrected chi connectivity index (χ2v) is 12.4. The predicted octanol–water partition coefficient (Wildman–Crippen LogP) is 7.46. The lowest BCUT2D eigenvalue weighted by Crippen LogP contribution is -2.52. The lowest BCUT2D eigenvalue weighted by molar-refractivity contribution is -0.141. The van der Waals surface area contributed by atoms with Crippen molar-refractivity contribution in [2.45, 2.75) is 83.9 Å². The summed E-state index contributed by atoms with van der Waals surface area (Å²) >= 11 is 1.58. The second-order valence-electron chi connectivity index (χ2n) is 11.4. The first kappa shape index (κ1) is 35.7. The van der Waals surface area contributed by atoms with Gasteiger partial charge in [0, 0.05) is 12.2 Å². The number of unbranched alkanes of at least 4 members (excludes halogenated alkanes) is 4. The fraction of sp³-hybridized carbons (Fsp3) is 0.500. The first-order valence-corrected chi connectivity index (χ1v) is 16.4. The number of nitrogens with one attached hydrogen (secondary N) is 2. The average molecular weight is 612 g/mol. The number of methoxy groups -OCH3 is 1. The largest absolute Gasteiger partial charge is 0.497 e. The summed E-state index contributed by atoms with van der Waals surface area (Å²) in [5.74, 6) is 0.635. The van der Waals surface area contributed by atoms with Gasteiger partial charge in [-0.2, -0.15) is 11.8 Å². The van der Waals surface area contributed by atoms with Gasteiger partial charge in [0.05, 0.1) is 7.11 Å². The number of hydrogen-bond donors (Lipinski definition) is 2. The van der Waals surface area contributed by atoms with Gasteiger partial charge in [-0.3, -0.25) is 9.59 Å². The number of thioether (sulfide) groups is 1. The van der Waals surface area contributed by atoms with Crippen molar-refractivity contribution in [3.8, 4) is 5.75 Å². The van der Waals surface area contributed by atoms with E-state index in [0.29, 0.717) is 35.7 Å². The Hall–Kier alpha value is -3.46. The standard InChI is InChI=1S/C34H49N3O5S/c1-8-10-11-12-13-22-37(32(39)29(21-23-43-7)36-33(40)42-34(3,4)5)30(26-16-14-15-25(9-2)24-26)31(38)35-27-17-19-28(41-6)20-18-27/h9,14-20,24,29-30H,2,8,10-13,21-23H2,1,3-7H3,(H,35,38)(H,36,40). The minimum absolute atomic E-state index is 0.325. The molecule has 8 nitrogen and oxygen atoms in total. The molecule has 0 aliphatic carbocycles.